The van der Waals surface area contributed by atoms with Crippen molar-refractivity contribution in [3.63, 3.8) is 0 Å². The molecule has 1 fully saturated rings. The first-order valence-electron chi connectivity index (χ1n) is 8.88. The molecule has 0 bridgehead atoms. The van der Waals surface area contributed by atoms with Crippen LogP contribution in [0.5, 0.6) is 0 Å². The minimum Gasteiger partial charge on any atom is -0.338 e. The van der Waals surface area contributed by atoms with Crippen LogP contribution < -0.4 is 5.32 Å². The largest absolute Gasteiger partial charge is 0.338 e. The van der Waals surface area contributed by atoms with Crippen molar-refractivity contribution in [2.45, 2.75) is 57.5 Å². The molecule has 1 aliphatic heterocycles. The molecule has 0 radical (unpaired) electrons. The van der Waals surface area contributed by atoms with E-state index in [2.05, 4.69) is 23.3 Å². The molecule has 23 heavy (non-hydrogen) atoms. The van der Waals surface area contributed by atoms with Gasteiger partial charge in [0.1, 0.15) is 0 Å². The third-order valence-electron chi connectivity index (χ3n) is 5.06. The zero-order chi connectivity index (χ0) is 16.1. The summed E-state index contributed by atoms with van der Waals surface area (Å²) in [5.74, 6) is 0.111. The van der Waals surface area contributed by atoms with Crippen molar-refractivity contribution in [1.82, 2.24) is 15.2 Å². The highest BCUT2D eigenvalue weighted by atomic mass is 16.2. The Hall–Kier alpha value is -1.68. The summed E-state index contributed by atoms with van der Waals surface area (Å²) in [4.78, 5) is 18.4. The van der Waals surface area contributed by atoms with E-state index >= 15 is 0 Å². The number of nitrogens with zero attached hydrogens (tertiary/aromatic N) is 2. The lowest BCUT2D eigenvalue weighted by atomic mass is 9.93. The normalized spacial score (nSPS) is 20.9. The third-order valence-corrected chi connectivity index (χ3v) is 5.06. The minimum atomic E-state index is 0.111. The van der Waals surface area contributed by atoms with Gasteiger partial charge in [0.05, 0.1) is 5.56 Å². The molecule has 1 atom stereocenters. The van der Waals surface area contributed by atoms with Crippen molar-refractivity contribution in [2.24, 2.45) is 0 Å². The van der Waals surface area contributed by atoms with Gasteiger partial charge in [0.25, 0.3) is 5.91 Å². The van der Waals surface area contributed by atoms with Crippen LogP contribution in [0.1, 0.15) is 55.8 Å². The average Bonchev–Trinajstić information content (AvgIpc) is 2.63. The Bertz CT molecular complexity index is 547. The van der Waals surface area contributed by atoms with Crippen molar-refractivity contribution in [3.05, 3.63) is 41.7 Å². The van der Waals surface area contributed by atoms with Gasteiger partial charge < -0.3 is 10.2 Å². The first-order valence-corrected chi connectivity index (χ1v) is 8.88. The molecule has 1 aromatic heterocycles. The van der Waals surface area contributed by atoms with Crippen LogP contribution in [0.3, 0.4) is 0 Å². The van der Waals surface area contributed by atoms with Crippen LogP contribution >= 0.6 is 0 Å². The van der Waals surface area contributed by atoms with Crippen molar-refractivity contribution >= 4 is 5.91 Å². The molecule has 0 unspecified atom stereocenters. The van der Waals surface area contributed by atoms with Crippen LogP contribution in [0.25, 0.3) is 0 Å². The summed E-state index contributed by atoms with van der Waals surface area (Å²) in [6.07, 6.45) is 13.0. The molecule has 1 N–H and O–H groups in total. The number of pyridine rings is 1. The molecule has 0 spiro atoms. The van der Waals surface area contributed by atoms with Gasteiger partial charge in [-0.25, -0.2) is 0 Å². The SMILES string of the molecule is C[C@H](NC1CCN(C(=O)c2cccnc2)CC1)C1=CCCCC1. The van der Waals surface area contributed by atoms with Gasteiger partial charge in [-0.2, -0.15) is 0 Å². The topological polar surface area (TPSA) is 45.2 Å². The molecule has 2 heterocycles. The van der Waals surface area contributed by atoms with Gasteiger partial charge in [-0.15, -0.1) is 0 Å². The number of hydrogen-bond donors (Lipinski definition) is 1. The van der Waals surface area contributed by atoms with Gasteiger partial charge in [0, 0.05) is 37.6 Å². The molecule has 4 nitrogen and oxygen atoms in total. The fourth-order valence-electron chi connectivity index (χ4n) is 3.64. The Kier molecular flexibility index (Phi) is 5.44. The van der Waals surface area contributed by atoms with Crippen LogP contribution in [-0.4, -0.2) is 41.0 Å². The number of likely N-dealkylation sites (tertiary alicyclic amines) is 1. The number of rotatable bonds is 4. The quantitative estimate of drug-likeness (QED) is 0.869. The summed E-state index contributed by atoms with van der Waals surface area (Å²) < 4.78 is 0. The highest BCUT2D eigenvalue weighted by Crippen LogP contribution is 2.22. The summed E-state index contributed by atoms with van der Waals surface area (Å²) in [5.41, 5.74) is 2.27. The zero-order valence-electron chi connectivity index (χ0n) is 14.0. The molecule has 124 valence electrons. The predicted octanol–water partition coefficient (Wildman–Crippen LogP) is 3.16. The highest BCUT2D eigenvalue weighted by molar-refractivity contribution is 5.93. The lowest BCUT2D eigenvalue weighted by Crippen LogP contribution is -2.47. The van der Waals surface area contributed by atoms with E-state index in [1.807, 2.05) is 17.0 Å². The number of piperidine rings is 1. The van der Waals surface area contributed by atoms with Crippen molar-refractivity contribution in [1.29, 1.82) is 0 Å². The Balaban J connectivity index is 1.48. The van der Waals surface area contributed by atoms with Crippen LogP contribution in [0.4, 0.5) is 0 Å². The van der Waals surface area contributed by atoms with Crippen LogP contribution in [-0.2, 0) is 0 Å². The Morgan fingerprint density at radius 3 is 2.83 bits per heavy atom. The number of nitrogens with one attached hydrogen (secondary N) is 1. The monoisotopic (exact) mass is 313 g/mol. The molecule has 3 rings (SSSR count). The first kappa shape index (κ1) is 16.2. The van der Waals surface area contributed by atoms with Gasteiger partial charge in [0.2, 0.25) is 0 Å². The van der Waals surface area contributed by atoms with Gasteiger partial charge in [-0.3, -0.25) is 9.78 Å². The van der Waals surface area contributed by atoms with E-state index in [1.165, 1.54) is 25.7 Å². The summed E-state index contributed by atoms with van der Waals surface area (Å²) in [7, 11) is 0. The molecule has 0 saturated carbocycles. The zero-order valence-corrected chi connectivity index (χ0v) is 14.0. The average molecular weight is 313 g/mol. The minimum absolute atomic E-state index is 0.111. The number of hydrogen-bond acceptors (Lipinski definition) is 3. The number of carbonyl (C=O) groups is 1. The maximum atomic E-state index is 12.4. The summed E-state index contributed by atoms with van der Waals surface area (Å²) in [6, 6.07) is 4.66. The van der Waals surface area contributed by atoms with Crippen molar-refractivity contribution in [3.8, 4) is 0 Å². The summed E-state index contributed by atoms with van der Waals surface area (Å²) in [6.45, 7) is 3.94. The fourth-order valence-corrected chi connectivity index (χ4v) is 3.64. The molecule has 1 aromatic rings. The fraction of sp³-hybridized carbons (Fsp3) is 0.579. The van der Waals surface area contributed by atoms with E-state index in [0.717, 1.165) is 25.9 Å². The van der Waals surface area contributed by atoms with E-state index in [-0.39, 0.29) is 5.91 Å². The maximum absolute atomic E-state index is 12.4. The molecule has 4 heteroatoms. The van der Waals surface area contributed by atoms with Gasteiger partial charge in [-0.1, -0.05) is 11.6 Å². The van der Waals surface area contributed by atoms with Gasteiger partial charge >= 0.3 is 0 Å². The standard InChI is InChI=1S/C19H27N3O/c1-15(16-6-3-2-4-7-16)21-18-9-12-22(13-10-18)19(23)17-8-5-11-20-14-17/h5-6,8,11,14-15,18,21H,2-4,7,9-10,12-13H2,1H3/t15-/m0/s1. The Labute approximate surface area is 139 Å². The third kappa shape index (κ3) is 4.20. The summed E-state index contributed by atoms with van der Waals surface area (Å²) in [5, 5.41) is 3.77. The second-order valence-electron chi connectivity index (χ2n) is 6.72. The first-order chi connectivity index (χ1) is 11.2. The molecule has 0 aromatic carbocycles. The number of aromatic nitrogens is 1. The van der Waals surface area contributed by atoms with E-state index < -0.39 is 0 Å². The van der Waals surface area contributed by atoms with Crippen LogP contribution in [0.15, 0.2) is 36.2 Å². The maximum Gasteiger partial charge on any atom is 0.255 e. The molecule has 1 saturated heterocycles. The molecule has 1 aliphatic carbocycles. The highest BCUT2D eigenvalue weighted by Gasteiger charge is 2.25. The van der Waals surface area contributed by atoms with Crippen molar-refractivity contribution in [2.75, 3.05) is 13.1 Å². The second kappa shape index (κ2) is 7.73. The van der Waals surface area contributed by atoms with E-state index in [9.17, 15) is 4.79 Å². The van der Waals surface area contributed by atoms with Gasteiger partial charge in [0.15, 0.2) is 0 Å². The van der Waals surface area contributed by atoms with Gasteiger partial charge in [-0.05, 0) is 57.6 Å². The molecule has 2 aliphatic rings. The Morgan fingerprint density at radius 1 is 1.35 bits per heavy atom. The Morgan fingerprint density at radius 2 is 2.17 bits per heavy atom. The number of carbonyl (C=O) groups excluding carboxylic acids is 1. The van der Waals surface area contributed by atoms with Crippen LogP contribution in [0, 0.1) is 0 Å². The summed E-state index contributed by atoms with van der Waals surface area (Å²) >= 11 is 0. The van der Waals surface area contributed by atoms with E-state index in [4.69, 9.17) is 0 Å². The van der Waals surface area contributed by atoms with E-state index in [1.54, 1.807) is 18.0 Å². The second-order valence-corrected chi connectivity index (χ2v) is 6.72. The molecular weight excluding hydrogens is 286 g/mol. The van der Waals surface area contributed by atoms with E-state index in [0.29, 0.717) is 17.6 Å². The lowest BCUT2D eigenvalue weighted by molar-refractivity contribution is 0.0703. The lowest BCUT2D eigenvalue weighted by Gasteiger charge is -2.34. The number of amides is 1. The number of allylic oxidation sites excluding steroid dienone is 1. The predicted molar refractivity (Wildman–Crippen MR) is 92.3 cm³/mol. The smallest absolute Gasteiger partial charge is 0.255 e. The molecular formula is C19H27N3O. The molecule has 1 amide bonds. The van der Waals surface area contributed by atoms with Crippen molar-refractivity contribution < 1.29 is 4.79 Å². The van der Waals surface area contributed by atoms with Crippen LogP contribution in [0.2, 0.25) is 0 Å².